The lowest BCUT2D eigenvalue weighted by Gasteiger charge is -2.41. The van der Waals surface area contributed by atoms with Crippen LogP contribution in [0.3, 0.4) is 0 Å². The molecule has 7 nitrogen and oxygen atoms in total. The number of aromatic nitrogens is 4. The summed E-state index contributed by atoms with van der Waals surface area (Å²) in [7, 11) is -3.44. The molecule has 3 aliphatic rings. The number of sulfone groups is 1. The Morgan fingerprint density at radius 3 is 2.60 bits per heavy atom. The normalized spacial score (nSPS) is 24.3. The van der Waals surface area contributed by atoms with Crippen LogP contribution in [-0.4, -0.2) is 39.1 Å². The van der Waals surface area contributed by atoms with Gasteiger partial charge in [0.05, 0.1) is 22.7 Å². The highest BCUT2D eigenvalue weighted by Crippen LogP contribution is 2.51. The molecule has 2 aromatic carbocycles. The molecular weight excluding hydrogens is 458 g/mol. The zero-order valence-corrected chi connectivity index (χ0v) is 20.2. The van der Waals surface area contributed by atoms with Gasteiger partial charge in [0.2, 0.25) is 0 Å². The number of nitrogens with zero attached hydrogens (tertiary/aromatic N) is 5. The molecule has 0 radical (unpaired) electrons. The Balaban J connectivity index is 1.40. The topological polar surface area (TPSA) is 81.0 Å². The van der Waals surface area contributed by atoms with Crippen LogP contribution in [0.15, 0.2) is 71.9 Å². The first-order valence-corrected chi connectivity index (χ1v) is 13.7. The number of rotatable bonds is 2. The van der Waals surface area contributed by atoms with E-state index in [-0.39, 0.29) is 23.9 Å². The Bertz CT molecular complexity index is 1580. The Hall–Kier alpha value is -3.36. The fourth-order valence-corrected chi connectivity index (χ4v) is 7.93. The molecule has 3 aliphatic heterocycles. The maximum Gasteiger partial charge on any atom is 0.182 e. The minimum absolute atomic E-state index is 0.0283. The van der Waals surface area contributed by atoms with E-state index in [2.05, 4.69) is 36.8 Å². The van der Waals surface area contributed by atoms with Gasteiger partial charge < -0.3 is 4.57 Å². The third kappa shape index (κ3) is 3.13. The highest BCUT2D eigenvalue weighted by molar-refractivity contribution is 7.90. The van der Waals surface area contributed by atoms with E-state index in [1.807, 2.05) is 55.7 Å². The Labute approximate surface area is 204 Å². The van der Waals surface area contributed by atoms with Crippen LogP contribution in [0.4, 0.5) is 0 Å². The fourth-order valence-electron chi connectivity index (χ4n) is 6.28. The predicted octanol–water partition coefficient (Wildman–Crippen LogP) is 4.24. The van der Waals surface area contributed by atoms with Gasteiger partial charge in [-0.05, 0) is 54.2 Å². The van der Waals surface area contributed by atoms with Gasteiger partial charge in [-0.25, -0.2) is 8.42 Å². The molecule has 0 spiro atoms. The van der Waals surface area contributed by atoms with Crippen molar-refractivity contribution in [3.63, 3.8) is 0 Å². The van der Waals surface area contributed by atoms with Crippen LogP contribution < -0.4 is 0 Å². The van der Waals surface area contributed by atoms with Gasteiger partial charge in [0, 0.05) is 30.5 Å². The lowest BCUT2D eigenvalue weighted by atomic mass is 9.91. The second-order valence-corrected chi connectivity index (χ2v) is 11.8. The first kappa shape index (κ1) is 21.0. The molecule has 5 heterocycles. The lowest BCUT2D eigenvalue weighted by Crippen LogP contribution is -2.43. The summed E-state index contributed by atoms with van der Waals surface area (Å²) in [5.41, 5.74) is 4.90. The molecule has 8 heteroatoms. The van der Waals surface area contributed by atoms with Crippen molar-refractivity contribution >= 4 is 9.84 Å². The SMILES string of the molecule is Cc1cncc(-c2nnc3n2CC2CCC3N2C2c3ccccc3CS(=O)(=O)c3ccccc32)c1. The molecular formula is C27H25N5O2S. The number of hydrogen-bond acceptors (Lipinski definition) is 6. The van der Waals surface area contributed by atoms with Crippen molar-refractivity contribution in [1.29, 1.82) is 0 Å². The van der Waals surface area contributed by atoms with Crippen molar-refractivity contribution in [3.8, 4) is 11.4 Å². The monoisotopic (exact) mass is 483 g/mol. The summed E-state index contributed by atoms with van der Waals surface area (Å²) in [6, 6.07) is 17.8. The van der Waals surface area contributed by atoms with Crippen molar-refractivity contribution in [2.45, 2.75) is 55.1 Å². The summed E-state index contributed by atoms with van der Waals surface area (Å²) < 4.78 is 29.0. The van der Waals surface area contributed by atoms with E-state index >= 15 is 0 Å². The molecule has 7 rings (SSSR count). The smallest absolute Gasteiger partial charge is 0.182 e. The molecule has 2 bridgehead atoms. The van der Waals surface area contributed by atoms with Gasteiger partial charge >= 0.3 is 0 Å². The number of pyridine rings is 1. The van der Waals surface area contributed by atoms with Gasteiger partial charge in [0.1, 0.15) is 0 Å². The predicted molar refractivity (Wildman–Crippen MR) is 131 cm³/mol. The third-order valence-corrected chi connectivity index (χ3v) is 9.43. The fraction of sp³-hybridized carbons (Fsp3) is 0.296. The summed E-state index contributed by atoms with van der Waals surface area (Å²) in [6.07, 6.45) is 5.70. The number of benzene rings is 2. The third-order valence-electron chi connectivity index (χ3n) is 7.70. The molecule has 35 heavy (non-hydrogen) atoms. The minimum atomic E-state index is -3.44. The van der Waals surface area contributed by atoms with Crippen molar-refractivity contribution in [2.75, 3.05) is 0 Å². The van der Waals surface area contributed by atoms with Crippen LogP contribution in [0, 0.1) is 6.92 Å². The van der Waals surface area contributed by atoms with E-state index in [0.717, 1.165) is 58.9 Å². The molecule has 176 valence electrons. The molecule has 3 atom stereocenters. The average molecular weight is 484 g/mol. The van der Waals surface area contributed by atoms with Gasteiger partial charge in [-0.3, -0.25) is 9.88 Å². The van der Waals surface area contributed by atoms with E-state index in [1.165, 1.54) is 0 Å². The van der Waals surface area contributed by atoms with Gasteiger partial charge in [-0.2, -0.15) is 0 Å². The summed E-state index contributed by atoms with van der Waals surface area (Å²) in [5.74, 6) is 1.84. The van der Waals surface area contributed by atoms with Crippen LogP contribution in [0.1, 0.15) is 53.0 Å². The molecule has 3 unspecified atom stereocenters. The summed E-state index contributed by atoms with van der Waals surface area (Å²) in [4.78, 5) is 7.32. The summed E-state index contributed by atoms with van der Waals surface area (Å²) >= 11 is 0. The van der Waals surface area contributed by atoms with E-state index in [9.17, 15) is 8.42 Å². The Kier molecular flexibility index (Phi) is 4.53. The lowest BCUT2D eigenvalue weighted by molar-refractivity contribution is 0.106. The Morgan fingerprint density at radius 1 is 0.943 bits per heavy atom. The second-order valence-electron chi connectivity index (χ2n) is 9.84. The van der Waals surface area contributed by atoms with Crippen molar-refractivity contribution < 1.29 is 8.42 Å². The van der Waals surface area contributed by atoms with Gasteiger partial charge in [0.25, 0.3) is 0 Å². The molecule has 2 aromatic heterocycles. The van der Waals surface area contributed by atoms with Crippen molar-refractivity contribution in [2.24, 2.45) is 0 Å². The zero-order valence-electron chi connectivity index (χ0n) is 19.4. The summed E-state index contributed by atoms with van der Waals surface area (Å²) in [5, 5.41) is 9.26. The maximum atomic E-state index is 13.4. The molecule has 1 saturated heterocycles. The first-order valence-electron chi connectivity index (χ1n) is 12.0. The number of aryl methyl sites for hydroxylation is 1. The molecule has 0 aliphatic carbocycles. The number of fused-ring (bicyclic) bond motifs is 6. The molecule has 0 amide bonds. The highest BCUT2D eigenvalue weighted by atomic mass is 32.2. The molecule has 0 saturated carbocycles. The van der Waals surface area contributed by atoms with Crippen LogP contribution in [0.25, 0.3) is 11.4 Å². The largest absolute Gasteiger partial charge is 0.308 e. The molecule has 0 N–H and O–H groups in total. The zero-order chi connectivity index (χ0) is 23.7. The minimum Gasteiger partial charge on any atom is -0.308 e. The van der Waals surface area contributed by atoms with Crippen LogP contribution in [-0.2, 0) is 22.1 Å². The van der Waals surface area contributed by atoms with E-state index in [1.54, 1.807) is 6.07 Å². The van der Waals surface area contributed by atoms with Crippen LogP contribution in [0.5, 0.6) is 0 Å². The van der Waals surface area contributed by atoms with Crippen LogP contribution >= 0.6 is 0 Å². The van der Waals surface area contributed by atoms with Crippen molar-refractivity contribution in [3.05, 3.63) is 95.1 Å². The summed E-state index contributed by atoms with van der Waals surface area (Å²) in [6.45, 7) is 2.81. The van der Waals surface area contributed by atoms with E-state index < -0.39 is 9.84 Å². The highest BCUT2D eigenvalue weighted by Gasteiger charge is 2.48. The Morgan fingerprint density at radius 2 is 1.74 bits per heavy atom. The van der Waals surface area contributed by atoms with Gasteiger partial charge in [-0.15, -0.1) is 10.2 Å². The quantitative estimate of drug-likeness (QED) is 0.424. The average Bonchev–Trinajstić information content (AvgIpc) is 3.38. The molecule has 1 fully saturated rings. The maximum absolute atomic E-state index is 13.4. The van der Waals surface area contributed by atoms with Gasteiger partial charge in [0.15, 0.2) is 21.5 Å². The van der Waals surface area contributed by atoms with Gasteiger partial charge in [-0.1, -0.05) is 42.5 Å². The second kappa shape index (κ2) is 7.57. The molecule has 4 aromatic rings. The van der Waals surface area contributed by atoms with E-state index in [0.29, 0.717) is 4.90 Å². The van der Waals surface area contributed by atoms with E-state index in [4.69, 9.17) is 0 Å². The number of hydrogen-bond donors (Lipinski definition) is 0. The van der Waals surface area contributed by atoms with Crippen molar-refractivity contribution in [1.82, 2.24) is 24.6 Å². The first-order chi connectivity index (χ1) is 17.0. The standard InChI is InChI=1S/C27H25N5O2S/c1-17-12-19(14-28-13-17)26-29-30-27-23-11-10-20(15-31(26)27)32(23)25-21-7-3-2-6-18(21)16-35(33,34)24-9-5-4-8-22(24)25/h2-9,12-14,20,23,25H,10-11,15-16H2,1H3. The van der Waals surface area contributed by atoms with Crippen LogP contribution in [0.2, 0.25) is 0 Å².